The first-order valence-corrected chi connectivity index (χ1v) is 12.0. The highest BCUT2D eigenvalue weighted by Crippen LogP contribution is 2.30. The first-order chi connectivity index (χ1) is 17.2. The number of benzene rings is 2. The summed E-state index contributed by atoms with van der Waals surface area (Å²) < 4.78 is 13.4. The molecule has 2 atom stereocenters. The average Bonchev–Trinajstić information content (AvgIpc) is 3.26. The van der Waals surface area contributed by atoms with Gasteiger partial charge in [0.05, 0.1) is 24.4 Å². The van der Waals surface area contributed by atoms with E-state index in [0.717, 1.165) is 27.9 Å². The van der Waals surface area contributed by atoms with Crippen LogP contribution in [0.25, 0.3) is 10.9 Å². The van der Waals surface area contributed by atoms with Crippen LogP contribution < -0.4 is 4.74 Å². The molecule has 0 unspecified atom stereocenters. The van der Waals surface area contributed by atoms with Crippen molar-refractivity contribution < 1.29 is 19.4 Å². The van der Waals surface area contributed by atoms with Gasteiger partial charge in [-0.15, -0.1) is 0 Å². The molecule has 4 rings (SSSR count). The van der Waals surface area contributed by atoms with E-state index in [4.69, 9.17) is 9.47 Å². The lowest BCUT2D eigenvalue weighted by atomic mass is 10.0. The molecule has 2 heterocycles. The summed E-state index contributed by atoms with van der Waals surface area (Å²) in [6.45, 7) is 5.96. The first-order valence-electron chi connectivity index (χ1n) is 12.0. The number of hydrogen-bond donors (Lipinski definition) is 1. The summed E-state index contributed by atoms with van der Waals surface area (Å²) >= 11 is 0. The molecule has 1 amide bonds. The van der Waals surface area contributed by atoms with E-state index in [1.807, 2.05) is 104 Å². The molecular weight excluding hydrogens is 454 g/mol. The fourth-order valence-electron chi connectivity index (χ4n) is 4.13. The molecule has 7 heteroatoms. The van der Waals surface area contributed by atoms with E-state index in [-0.39, 0.29) is 6.54 Å². The van der Waals surface area contributed by atoms with E-state index < -0.39 is 23.8 Å². The molecule has 2 aromatic heterocycles. The number of rotatable bonds is 8. The van der Waals surface area contributed by atoms with Crippen molar-refractivity contribution in [2.45, 2.75) is 45.1 Å². The fourth-order valence-corrected chi connectivity index (χ4v) is 4.13. The van der Waals surface area contributed by atoms with E-state index in [1.165, 1.54) is 4.90 Å². The standard InChI is InChI=1S/C29H33N3O4/c1-29(2,3)36-28(34)31(4)19-26(33)27(21-10-6-5-7-11-21)32-17-15-22-18-24(13-14-25(22)32)35-20-23-12-8-9-16-30-23/h5-18,26-27,33H,19-20H2,1-4H3/t26-,27+/m1/s1. The van der Waals surface area contributed by atoms with Gasteiger partial charge in [0.2, 0.25) is 0 Å². The highest BCUT2D eigenvalue weighted by atomic mass is 16.6. The molecule has 0 bridgehead atoms. The van der Waals surface area contributed by atoms with Gasteiger partial charge in [0, 0.05) is 30.3 Å². The SMILES string of the molecule is CN(C[C@@H](O)[C@H](c1ccccc1)n1ccc2cc(OCc3ccccn3)ccc21)C(=O)OC(C)(C)C. The maximum atomic E-state index is 12.5. The van der Waals surface area contributed by atoms with Crippen molar-refractivity contribution in [2.24, 2.45) is 0 Å². The third-order valence-electron chi connectivity index (χ3n) is 5.78. The number of aliphatic hydroxyl groups excluding tert-OH is 1. The van der Waals surface area contributed by atoms with Crippen LogP contribution in [0.5, 0.6) is 5.75 Å². The van der Waals surface area contributed by atoms with Gasteiger partial charge in [0.25, 0.3) is 0 Å². The van der Waals surface area contributed by atoms with Gasteiger partial charge in [0.15, 0.2) is 0 Å². The molecule has 36 heavy (non-hydrogen) atoms. The topological polar surface area (TPSA) is 76.8 Å². The quantitative estimate of drug-likeness (QED) is 0.359. The Morgan fingerprint density at radius 2 is 1.81 bits per heavy atom. The van der Waals surface area contributed by atoms with Gasteiger partial charge in [0.1, 0.15) is 18.0 Å². The highest BCUT2D eigenvalue weighted by molar-refractivity contribution is 5.82. The zero-order valence-electron chi connectivity index (χ0n) is 21.2. The second-order valence-electron chi connectivity index (χ2n) is 9.84. The number of nitrogens with zero attached hydrogens (tertiary/aromatic N) is 3. The molecule has 4 aromatic rings. The van der Waals surface area contributed by atoms with Crippen LogP contribution in [0.4, 0.5) is 4.79 Å². The maximum Gasteiger partial charge on any atom is 0.410 e. The number of aromatic nitrogens is 2. The molecule has 0 aliphatic rings. The van der Waals surface area contributed by atoms with Crippen LogP contribution in [0.15, 0.2) is 85.2 Å². The van der Waals surface area contributed by atoms with Crippen molar-refractivity contribution in [1.29, 1.82) is 0 Å². The van der Waals surface area contributed by atoms with Crippen LogP contribution in [0.1, 0.15) is 38.1 Å². The molecule has 2 aromatic carbocycles. The maximum absolute atomic E-state index is 12.5. The van der Waals surface area contributed by atoms with E-state index in [0.29, 0.717) is 6.61 Å². The summed E-state index contributed by atoms with van der Waals surface area (Å²) in [6, 6.07) is 23.0. The van der Waals surface area contributed by atoms with E-state index in [1.54, 1.807) is 13.2 Å². The average molecular weight is 488 g/mol. The molecule has 0 radical (unpaired) electrons. The minimum atomic E-state index is -0.874. The van der Waals surface area contributed by atoms with Crippen LogP contribution in [-0.2, 0) is 11.3 Å². The summed E-state index contributed by atoms with van der Waals surface area (Å²) in [5.74, 6) is 0.743. The summed E-state index contributed by atoms with van der Waals surface area (Å²) in [4.78, 5) is 18.2. The van der Waals surface area contributed by atoms with Crippen molar-refractivity contribution in [2.75, 3.05) is 13.6 Å². The molecule has 7 nitrogen and oxygen atoms in total. The van der Waals surface area contributed by atoms with E-state index >= 15 is 0 Å². The first kappa shape index (κ1) is 25.3. The van der Waals surface area contributed by atoms with Gasteiger partial charge in [-0.1, -0.05) is 36.4 Å². The van der Waals surface area contributed by atoms with Crippen molar-refractivity contribution in [3.05, 3.63) is 96.4 Å². The summed E-state index contributed by atoms with van der Waals surface area (Å²) in [5, 5.41) is 12.4. The molecular formula is C29H33N3O4. The van der Waals surface area contributed by atoms with Crippen LogP contribution in [-0.4, -0.2) is 50.9 Å². The zero-order chi connectivity index (χ0) is 25.7. The third-order valence-corrected chi connectivity index (χ3v) is 5.78. The lowest BCUT2D eigenvalue weighted by Crippen LogP contribution is -2.41. The second kappa shape index (κ2) is 10.8. The summed E-state index contributed by atoms with van der Waals surface area (Å²) in [5.41, 5.74) is 2.14. The van der Waals surface area contributed by atoms with Gasteiger partial charge in [-0.25, -0.2) is 4.79 Å². The zero-order valence-corrected chi connectivity index (χ0v) is 21.2. The summed E-state index contributed by atoms with van der Waals surface area (Å²) in [7, 11) is 1.64. The largest absolute Gasteiger partial charge is 0.487 e. The van der Waals surface area contributed by atoms with Crippen molar-refractivity contribution in [3.8, 4) is 5.75 Å². The second-order valence-corrected chi connectivity index (χ2v) is 9.84. The summed E-state index contributed by atoms with van der Waals surface area (Å²) in [6.07, 6.45) is 2.36. The Kier molecular flexibility index (Phi) is 7.60. The predicted octanol–water partition coefficient (Wildman–Crippen LogP) is 5.43. The fraction of sp³-hybridized carbons (Fsp3) is 0.310. The number of carbonyl (C=O) groups is 1. The van der Waals surface area contributed by atoms with Crippen LogP contribution >= 0.6 is 0 Å². The Hall–Kier alpha value is -3.84. The Morgan fingerprint density at radius 3 is 2.50 bits per heavy atom. The van der Waals surface area contributed by atoms with Crippen LogP contribution in [0, 0.1) is 0 Å². The van der Waals surface area contributed by atoms with Crippen molar-refractivity contribution in [3.63, 3.8) is 0 Å². The van der Waals surface area contributed by atoms with Crippen LogP contribution in [0.3, 0.4) is 0 Å². The third kappa shape index (κ3) is 6.23. The molecule has 1 N–H and O–H groups in total. The van der Waals surface area contributed by atoms with Gasteiger partial charge < -0.3 is 24.0 Å². The number of ether oxygens (including phenoxy) is 2. The number of fused-ring (bicyclic) bond motifs is 1. The molecule has 0 saturated carbocycles. The Balaban J connectivity index is 1.58. The van der Waals surface area contributed by atoms with E-state index in [9.17, 15) is 9.90 Å². The Morgan fingerprint density at radius 1 is 1.06 bits per heavy atom. The van der Waals surface area contributed by atoms with Crippen molar-refractivity contribution in [1.82, 2.24) is 14.5 Å². The monoisotopic (exact) mass is 487 g/mol. The van der Waals surface area contributed by atoms with Crippen molar-refractivity contribution >= 4 is 17.0 Å². The lowest BCUT2D eigenvalue weighted by molar-refractivity contribution is 0.0168. The van der Waals surface area contributed by atoms with E-state index in [2.05, 4.69) is 4.98 Å². The predicted molar refractivity (Wildman–Crippen MR) is 140 cm³/mol. The minimum absolute atomic E-state index is 0.111. The number of pyridine rings is 1. The normalized spacial score (nSPS) is 13.2. The molecule has 0 fully saturated rings. The number of hydrogen-bond acceptors (Lipinski definition) is 5. The van der Waals surface area contributed by atoms with Gasteiger partial charge in [-0.2, -0.15) is 0 Å². The number of carbonyl (C=O) groups excluding carboxylic acids is 1. The molecule has 0 aliphatic heterocycles. The van der Waals surface area contributed by atoms with Gasteiger partial charge in [-0.3, -0.25) is 4.98 Å². The molecule has 0 aliphatic carbocycles. The van der Waals surface area contributed by atoms with Gasteiger partial charge >= 0.3 is 6.09 Å². The minimum Gasteiger partial charge on any atom is -0.487 e. The molecule has 0 spiro atoms. The number of likely N-dealkylation sites (N-methyl/N-ethyl adjacent to an activating group) is 1. The molecule has 0 saturated heterocycles. The lowest BCUT2D eigenvalue weighted by Gasteiger charge is -2.30. The molecule has 188 valence electrons. The Bertz CT molecular complexity index is 1280. The highest BCUT2D eigenvalue weighted by Gasteiger charge is 2.28. The van der Waals surface area contributed by atoms with Crippen LogP contribution in [0.2, 0.25) is 0 Å². The van der Waals surface area contributed by atoms with Gasteiger partial charge in [-0.05, 0) is 62.7 Å². The number of aliphatic hydroxyl groups is 1. The Labute approximate surface area is 211 Å². The smallest absolute Gasteiger partial charge is 0.410 e. The number of amides is 1.